The molecule has 7 nitrogen and oxygen atoms in total. The first kappa shape index (κ1) is 18.1. The van der Waals surface area contributed by atoms with E-state index in [1.807, 2.05) is 42.5 Å². The summed E-state index contributed by atoms with van der Waals surface area (Å²) in [4.78, 5) is 30.3. The van der Waals surface area contributed by atoms with E-state index >= 15 is 0 Å². The first-order chi connectivity index (χ1) is 13.6. The number of likely N-dealkylation sites (N-methyl/N-ethyl adjacent to an activating group) is 1. The summed E-state index contributed by atoms with van der Waals surface area (Å²) in [6, 6.07) is 15.1. The fraction of sp³-hybridized carbons (Fsp3) is 0.200. The second-order valence-electron chi connectivity index (χ2n) is 6.29. The van der Waals surface area contributed by atoms with E-state index in [1.165, 1.54) is 16.2 Å². The van der Waals surface area contributed by atoms with Gasteiger partial charge in [-0.15, -0.1) is 11.3 Å². The van der Waals surface area contributed by atoms with E-state index in [9.17, 15) is 9.59 Å². The van der Waals surface area contributed by atoms with Gasteiger partial charge >= 0.3 is 5.97 Å². The van der Waals surface area contributed by atoms with Crippen molar-refractivity contribution in [2.75, 3.05) is 13.7 Å². The Hall–Kier alpha value is -3.26. The van der Waals surface area contributed by atoms with E-state index in [-0.39, 0.29) is 18.9 Å². The number of carbonyl (C=O) groups excluding carboxylic acids is 2. The average molecular weight is 395 g/mol. The van der Waals surface area contributed by atoms with Gasteiger partial charge in [0, 0.05) is 12.4 Å². The lowest BCUT2D eigenvalue weighted by Crippen LogP contribution is -2.31. The van der Waals surface area contributed by atoms with Crippen molar-refractivity contribution in [1.29, 1.82) is 0 Å². The molecule has 0 unspecified atom stereocenters. The molecule has 0 N–H and O–H groups in total. The van der Waals surface area contributed by atoms with Gasteiger partial charge in [-0.3, -0.25) is 9.59 Å². The van der Waals surface area contributed by atoms with Crippen molar-refractivity contribution in [1.82, 2.24) is 15.0 Å². The van der Waals surface area contributed by atoms with E-state index in [4.69, 9.17) is 9.26 Å². The highest BCUT2D eigenvalue weighted by atomic mass is 32.1. The van der Waals surface area contributed by atoms with Crippen LogP contribution in [0.5, 0.6) is 0 Å². The quantitative estimate of drug-likeness (QED) is 0.466. The molecule has 0 aliphatic rings. The standard InChI is InChI=1S/C20H17N3O4S/c1-23(11-18-21-14-7-3-5-9-17(14)28-18)19(24)12-26-20(25)10-15-13-6-2-4-8-16(13)27-22-15/h2-9H,10-12H2,1H3. The summed E-state index contributed by atoms with van der Waals surface area (Å²) in [7, 11) is 1.66. The van der Waals surface area contributed by atoms with Gasteiger partial charge in [-0.1, -0.05) is 29.4 Å². The molecule has 142 valence electrons. The van der Waals surface area contributed by atoms with Crippen molar-refractivity contribution in [3.8, 4) is 0 Å². The lowest BCUT2D eigenvalue weighted by atomic mass is 10.2. The zero-order chi connectivity index (χ0) is 19.5. The molecule has 1 amide bonds. The van der Waals surface area contributed by atoms with E-state index < -0.39 is 5.97 Å². The number of carbonyl (C=O) groups is 2. The molecular formula is C20H17N3O4S. The molecular weight excluding hydrogens is 378 g/mol. The van der Waals surface area contributed by atoms with Crippen LogP contribution < -0.4 is 0 Å². The number of hydrogen-bond acceptors (Lipinski definition) is 7. The topological polar surface area (TPSA) is 85.5 Å². The van der Waals surface area contributed by atoms with Crippen molar-refractivity contribution >= 4 is 44.4 Å². The molecule has 0 bridgehead atoms. The monoisotopic (exact) mass is 395 g/mol. The number of para-hydroxylation sites is 2. The Kier molecular flexibility index (Phi) is 5.03. The number of fused-ring (bicyclic) bond motifs is 2. The highest BCUT2D eigenvalue weighted by molar-refractivity contribution is 7.18. The van der Waals surface area contributed by atoms with Crippen LogP contribution in [0.4, 0.5) is 0 Å². The zero-order valence-corrected chi connectivity index (χ0v) is 15.9. The number of nitrogens with zero attached hydrogens (tertiary/aromatic N) is 3. The van der Waals surface area contributed by atoms with Crippen LogP contribution in [0, 0.1) is 0 Å². The van der Waals surface area contributed by atoms with Crippen molar-refractivity contribution in [2.24, 2.45) is 0 Å². The van der Waals surface area contributed by atoms with Crippen molar-refractivity contribution in [3.63, 3.8) is 0 Å². The van der Waals surface area contributed by atoms with Crippen LogP contribution in [0.2, 0.25) is 0 Å². The number of ether oxygens (including phenoxy) is 1. The third kappa shape index (κ3) is 3.86. The minimum atomic E-state index is -0.527. The molecule has 0 fully saturated rings. The largest absolute Gasteiger partial charge is 0.455 e. The molecule has 0 spiro atoms. The summed E-state index contributed by atoms with van der Waals surface area (Å²) in [6.07, 6.45) is -0.0497. The molecule has 4 rings (SSSR count). The highest BCUT2D eigenvalue weighted by Crippen LogP contribution is 2.22. The molecule has 2 aromatic heterocycles. The van der Waals surface area contributed by atoms with Crippen LogP contribution in [0.1, 0.15) is 10.7 Å². The molecule has 0 atom stereocenters. The van der Waals surface area contributed by atoms with Gasteiger partial charge in [0.2, 0.25) is 0 Å². The van der Waals surface area contributed by atoms with Crippen LogP contribution >= 0.6 is 11.3 Å². The second kappa shape index (κ2) is 7.77. The lowest BCUT2D eigenvalue weighted by molar-refractivity contribution is -0.151. The van der Waals surface area contributed by atoms with Crippen LogP contribution in [0.15, 0.2) is 53.1 Å². The zero-order valence-electron chi connectivity index (χ0n) is 15.1. The Labute approximate surface area is 164 Å². The predicted octanol–water partition coefficient (Wildman–Crippen LogP) is 3.18. The third-order valence-electron chi connectivity index (χ3n) is 4.26. The molecule has 28 heavy (non-hydrogen) atoms. The second-order valence-corrected chi connectivity index (χ2v) is 7.40. The van der Waals surface area contributed by atoms with Crippen molar-refractivity contribution in [3.05, 3.63) is 59.2 Å². The van der Waals surface area contributed by atoms with E-state index in [2.05, 4.69) is 10.1 Å². The van der Waals surface area contributed by atoms with E-state index in [1.54, 1.807) is 13.1 Å². The van der Waals surface area contributed by atoms with E-state index in [0.717, 1.165) is 20.6 Å². The molecule has 2 aromatic carbocycles. The van der Waals surface area contributed by atoms with Crippen molar-refractivity contribution in [2.45, 2.75) is 13.0 Å². The van der Waals surface area contributed by atoms with Crippen LogP contribution in [0.25, 0.3) is 21.2 Å². The summed E-state index contributed by atoms with van der Waals surface area (Å²) in [5.41, 5.74) is 2.02. The van der Waals surface area contributed by atoms with Gasteiger partial charge in [0.15, 0.2) is 12.2 Å². The van der Waals surface area contributed by atoms with Gasteiger partial charge < -0.3 is 14.2 Å². The first-order valence-electron chi connectivity index (χ1n) is 8.67. The fourth-order valence-corrected chi connectivity index (χ4v) is 3.81. The number of hydrogen-bond donors (Lipinski definition) is 0. The Balaban J connectivity index is 1.31. The number of benzene rings is 2. The predicted molar refractivity (Wildman–Crippen MR) is 105 cm³/mol. The van der Waals surface area contributed by atoms with E-state index in [0.29, 0.717) is 17.8 Å². The molecule has 0 saturated heterocycles. The van der Waals surface area contributed by atoms with Gasteiger partial charge in [0.25, 0.3) is 5.91 Å². The number of thiazole rings is 1. The summed E-state index contributed by atoms with van der Waals surface area (Å²) in [5.74, 6) is -0.821. The Morgan fingerprint density at radius 1 is 1.14 bits per heavy atom. The minimum Gasteiger partial charge on any atom is -0.455 e. The molecule has 8 heteroatoms. The maximum absolute atomic E-state index is 12.3. The van der Waals surface area contributed by atoms with Crippen LogP contribution in [0.3, 0.4) is 0 Å². The van der Waals surface area contributed by atoms with Crippen molar-refractivity contribution < 1.29 is 18.8 Å². The third-order valence-corrected chi connectivity index (χ3v) is 5.28. The van der Waals surface area contributed by atoms with Gasteiger partial charge in [0.1, 0.15) is 10.7 Å². The molecule has 4 aromatic rings. The number of esters is 1. The first-order valence-corrected chi connectivity index (χ1v) is 9.49. The summed E-state index contributed by atoms with van der Waals surface area (Å²) in [5, 5.41) is 5.49. The highest BCUT2D eigenvalue weighted by Gasteiger charge is 2.17. The van der Waals surface area contributed by atoms with Gasteiger partial charge in [0.05, 0.1) is 23.2 Å². The smallest absolute Gasteiger partial charge is 0.312 e. The Bertz CT molecular complexity index is 1120. The number of rotatable bonds is 6. The SMILES string of the molecule is CN(Cc1nc2ccccc2s1)C(=O)COC(=O)Cc1noc2ccccc12. The summed E-state index contributed by atoms with van der Waals surface area (Å²) in [6.45, 7) is 0.0413. The maximum atomic E-state index is 12.3. The maximum Gasteiger partial charge on any atom is 0.312 e. The fourth-order valence-electron chi connectivity index (χ4n) is 2.78. The molecule has 0 aliphatic heterocycles. The average Bonchev–Trinajstić information content (AvgIpc) is 3.29. The summed E-state index contributed by atoms with van der Waals surface area (Å²) < 4.78 is 11.4. The minimum absolute atomic E-state index is 0.0497. The molecule has 0 aliphatic carbocycles. The lowest BCUT2D eigenvalue weighted by Gasteiger charge is -2.15. The molecule has 0 radical (unpaired) electrons. The van der Waals surface area contributed by atoms with Gasteiger partial charge in [-0.25, -0.2) is 4.98 Å². The Morgan fingerprint density at radius 3 is 2.79 bits per heavy atom. The molecule has 0 saturated carbocycles. The summed E-state index contributed by atoms with van der Waals surface area (Å²) >= 11 is 1.54. The van der Waals surface area contributed by atoms with Crippen LogP contribution in [-0.4, -0.2) is 40.6 Å². The number of amides is 1. The number of aromatic nitrogens is 2. The Morgan fingerprint density at radius 2 is 1.93 bits per heavy atom. The molecule has 2 heterocycles. The van der Waals surface area contributed by atoms with Crippen LogP contribution in [-0.2, 0) is 27.3 Å². The van der Waals surface area contributed by atoms with Gasteiger partial charge in [-0.05, 0) is 24.3 Å². The normalized spacial score (nSPS) is 11.0. The van der Waals surface area contributed by atoms with Gasteiger partial charge in [-0.2, -0.15) is 0 Å².